The maximum atomic E-state index is 12.0. The molecule has 1 fully saturated rings. The SMILES string of the molecule is CC1(C)COCCN1CCCC(=O)c1ccccc1. The summed E-state index contributed by atoms with van der Waals surface area (Å²) in [5.41, 5.74) is 0.914. The van der Waals surface area contributed by atoms with Gasteiger partial charge in [-0.3, -0.25) is 9.69 Å². The highest BCUT2D eigenvalue weighted by Gasteiger charge is 2.29. The van der Waals surface area contributed by atoms with Crippen LogP contribution in [0, 0.1) is 0 Å². The number of rotatable bonds is 5. The van der Waals surface area contributed by atoms with E-state index in [-0.39, 0.29) is 11.3 Å². The van der Waals surface area contributed by atoms with Crippen LogP contribution in [0.2, 0.25) is 0 Å². The van der Waals surface area contributed by atoms with Crippen LogP contribution < -0.4 is 0 Å². The van der Waals surface area contributed by atoms with Gasteiger partial charge in [-0.15, -0.1) is 0 Å². The number of hydrogen-bond donors (Lipinski definition) is 0. The van der Waals surface area contributed by atoms with Gasteiger partial charge >= 0.3 is 0 Å². The topological polar surface area (TPSA) is 29.5 Å². The molecule has 0 radical (unpaired) electrons. The van der Waals surface area contributed by atoms with Crippen LogP contribution in [0.5, 0.6) is 0 Å². The number of Topliss-reactive ketones (excluding diaryl/α,β-unsaturated/α-hetero) is 1. The van der Waals surface area contributed by atoms with Gasteiger partial charge in [-0.2, -0.15) is 0 Å². The Morgan fingerprint density at radius 2 is 2.05 bits per heavy atom. The molecule has 0 amide bonds. The molecule has 0 saturated carbocycles. The summed E-state index contributed by atoms with van der Waals surface area (Å²) in [6.45, 7) is 7.91. The van der Waals surface area contributed by atoms with Crippen molar-refractivity contribution < 1.29 is 9.53 Å². The largest absolute Gasteiger partial charge is 0.378 e. The summed E-state index contributed by atoms with van der Waals surface area (Å²) in [5, 5.41) is 0. The maximum absolute atomic E-state index is 12.0. The highest BCUT2D eigenvalue weighted by molar-refractivity contribution is 5.95. The van der Waals surface area contributed by atoms with E-state index in [4.69, 9.17) is 4.74 Å². The number of carbonyl (C=O) groups excluding carboxylic acids is 1. The van der Waals surface area contributed by atoms with Gasteiger partial charge in [0.2, 0.25) is 0 Å². The van der Waals surface area contributed by atoms with Crippen molar-refractivity contribution in [3.8, 4) is 0 Å². The smallest absolute Gasteiger partial charge is 0.162 e. The molecule has 0 bridgehead atoms. The molecule has 0 atom stereocenters. The fourth-order valence-corrected chi connectivity index (χ4v) is 2.50. The lowest BCUT2D eigenvalue weighted by atomic mass is 10.0. The fraction of sp³-hybridized carbons (Fsp3) is 0.562. The van der Waals surface area contributed by atoms with Gasteiger partial charge in [0.15, 0.2) is 5.78 Å². The quantitative estimate of drug-likeness (QED) is 0.763. The Kier molecular flexibility index (Phi) is 4.72. The lowest BCUT2D eigenvalue weighted by molar-refractivity contribution is -0.0511. The lowest BCUT2D eigenvalue weighted by Gasteiger charge is -2.42. The van der Waals surface area contributed by atoms with Crippen LogP contribution in [-0.4, -0.2) is 42.5 Å². The minimum atomic E-state index is 0.0913. The molecule has 2 rings (SSSR count). The Labute approximate surface area is 115 Å². The van der Waals surface area contributed by atoms with Crippen molar-refractivity contribution in [3.63, 3.8) is 0 Å². The summed E-state index contributed by atoms with van der Waals surface area (Å²) >= 11 is 0. The molecule has 0 aliphatic carbocycles. The summed E-state index contributed by atoms with van der Waals surface area (Å²) in [4.78, 5) is 14.4. The van der Waals surface area contributed by atoms with Gasteiger partial charge in [0.05, 0.1) is 13.2 Å². The molecular weight excluding hydrogens is 238 g/mol. The number of carbonyl (C=O) groups is 1. The van der Waals surface area contributed by atoms with E-state index in [1.807, 2.05) is 30.3 Å². The number of ether oxygens (including phenoxy) is 1. The first-order valence-electron chi connectivity index (χ1n) is 7.01. The van der Waals surface area contributed by atoms with Gasteiger partial charge in [-0.25, -0.2) is 0 Å². The fourth-order valence-electron chi connectivity index (χ4n) is 2.50. The number of nitrogens with zero attached hydrogens (tertiary/aromatic N) is 1. The van der Waals surface area contributed by atoms with Gasteiger partial charge in [-0.05, 0) is 26.8 Å². The summed E-state index contributed by atoms with van der Waals surface area (Å²) in [6, 6.07) is 9.55. The van der Waals surface area contributed by atoms with E-state index in [2.05, 4.69) is 18.7 Å². The second kappa shape index (κ2) is 6.31. The van der Waals surface area contributed by atoms with Gasteiger partial charge in [0.25, 0.3) is 0 Å². The van der Waals surface area contributed by atoms with Crippen molar-refractivity contribution in [1.82, 2.24) is 4.90 Å². The number of hydrogen-bond acceptors (Lipinski definition) is 3. The van der Waals surface area contributed by atoms with E-state index in [1.54, 1.807) is 0 Å². The van der Waals surface area contributed by atoms with Crippen LogP contribution in [0.15, 0.2) is 30.3 Å². The highest BCUT2D eigenvalue weighted by Crippen LogP contribution is 2.19. The first-order valence-corrected chi connectivity index (χ1v) is 7.01. The Morgan fingerprint density at radius 1 is 1.32 bits per heavy atom. The molecule has 1 heterocycles. The van der Waals surface area contributed by atoms with Crippen LogP contribution in [0.1, 0.15) is 37.0 Å². The normalized spacial score (nSPS) is 19.3. The van der Waals surface area contributed by atoms with Gasteiger partial charge < -0.3 is 4.74 Å². The van der Waals surface area contributed by atoms with Gasteiger partial charge in [-0.1, -0.05) is 30.3 Å². The maximum Gasteiger partial charge on any atom is 0.162 e. The summed E-state index contributed by atoms with van der Waals surface area (Å²) in [5.74, 6) is 0.242. The Balaban J connectivity index is 1.79. The second-order valence-electron chi connectivity index (χ2n) is 5.74. The van der Waals surface area contributed by atoms with Gasteiger partial charge in [0.1, 0.15) is 0 Å². The van der Waals surface area contributed by atoms with E-state index in [1.165, 1.54) is 0 Å². The third-order valence-corrected chi connectivity index (χ3v) is 3.74. The molecule has 0 spiro atoms. The predicted octanol–water partition coefficient (Wildman–Crippen LogP) is 2.76. The average Bonchev–Trinajstić information content (AvgIpc) is 2.41. The monoisotopic (exact) mass is 261 g/mol. The number of morpholine rings is 1. The molecule has 0 unspecified atom stereocenters. The molecule has 0 N–H and O–H groups in total. The summed E-state index contributed by atoms with van der Waals surface area (Å²) in [7, 11) is 0. The Hall–Kier alpha value is -1.19. The zero-order valence-electron chi connectivity index (χ0n) is 11.9. The van der Waals surface area contributed by atoms with Crippen molar-refractivity contribution in [1.29, 1.82) is 0 Å². The standard InChI is InChI=1S/C16H23NO2/c1-16(2)13-19-12-11-17(16)10-6-9-15(18)14-7-4-3-5-8-14/h3-5,7-8H,6,9-13H2,1-2H3. The first-order chi connectivity index (χ1) is 9.09. The second-order valence-corrected chi connectivity index (χ2v) is 5.74. The molecule has 1 aliphatic rings. The van der Waals surface area contributed by atoms with Crippen molar-refractivity contribution in [3.05, 3.63) is 35.9 Å². The molecule has 1 aliphatic heterocycles. The van der Waals surface area contributed by atoms with E-state index in [9.17, 15) is 4.79 Å². The average molecular weight is 261 g/mol. The van der Waals surface area contributed by atoms with Crippen molar-refractivity contribution in [2.75, 3.05) is 26.3 Å². The van der Waals surface area contributed by atoms with Crippen LogP contribution in [0.3, 0.4) is 0 Å². The van der Waals surface area contributed by atoms with Crippen molar-refractivity contribution in [2.24, 2.45) is 0 Å². The molecular formula is C16H23NO2. The number of ketones is 1. The van der Waals surface area contributed by atoms with Crippen LogP contribution in [-0.2, 0) is 4.74 Å². The molecule has 3 nitrogen and oxygen atoms in total. The summed E-state index contributed by atoms with van der Waals surface area (Å²) in [6.07, 6.45) is 1.54. The molecule has 3 heteroatoms. The Bertz CT molecular complexity index is 414. The van der Waals surface area contributed by atoms with E-state index >= 15 is 0 Å². The molecule has 1 saturated heterocycles. The number of benzene rings is 1. The predicted molar refractivity (Wildman–Crippen MR) is 76.5 cm³/mol. The van der Waals surface area contributed by atoms with E-state index < -0.39 is 0 Å². The van der Waals surface area contributed by atoms with E-state index in [0.717, 1.165) is 38.3 Å². The summed E-state index contributed by atoms with van der Waals surface area (Å²) < 4.78 is 5.50. The molecule has 104 valence electrons. The first kappa shape index (κ1) is 14.2. The molecule has 1 aromatic carbocycles. The zero-order chi connectivity index (χ0) is 13.7. The van der Waals surface area contributed by atoms with Crippen molar-refractivity contribution >= 4 is 5.78 Å². The van der Waals surface area contributed by atoms with Crippen LogP contribution in [0.4, 0.5) is 0 Å². The van der Waals surface area contributed by atoms with Crippen LogP contribution >= 0.6 is 0 Å². The van der Waals surface area contributed by atoms with E-state index in [0.29, 0.717) is 6.42 Å². The van der Waals surface area contributed by atoms with Crippen molar-refractivity contribution in [2.45, 2.75) is 32.2 Å². The molecule has 1 aromatic rings. The Morgan fingerprint density at radius 3 is 2.74 bits per heavy atom. The van der Waals surface area contributed by atoms with Crippen LogP contribution in [0.25, 0.3) is 0 Å². The minimum absolute atomic E-state index is 0.0913. The zero-order valence-corrected chi connectivity index (χ0v) is 11.9. The highest BCUT2D eigenvalue weighted by atomic mass is 16.5. The molecule has 0 aromatic heterocycles. The third kappa shape index (κ3) is 3.88. The minimum Gasteiger partial charge on any atom is -0.378 e. The van der Waals surface area contributed by atoms with Gasteiger partial charge in [0, 0.05) is 24.1 Å². The lowest BCUT2D eigenvalue weighted by Crippen LogP contribution is -2.53. The third-order valence-electron chi connectivity index (χ3n) is 3.74. The molecule has 19 heavy (non-hydrogen) atoms.